The maximum atomic E-state index is 13.0. The second-order valence-corrected chi connectivity index (χ2v) is 4.72. The molecule has 110 valence electrons. The number of carbonyl (C=O) groups is 1. The lowest BCUT2D eigenvalue weighted by molar-refractivity contribution is 0.139. The molecule has 0 aliphatic heterocycles. The van der Waals surface area contributed by atoms with Crippen molar-refractivity contribution < 1.29 is 13.9 Å². The zero-order valence-corrected chi connectivity index (χ0v) is 11.7. The normalized spacial score (nSPS) is 10.1. The van der Waals surface area contributed by atoms with Crippen LogP contribution in [0.2, 0.25) is 0 Å². The third-order valence-corrected chi connectivity index (χ3v) is 3.01. The molecule has 2 aromatic rings. The summed E-state index contributed by atoms with van der Waals surface area (Å²) in [7, 11) is 0. The van der Waals surface area contributed by atoms with Crippen molar-refractivity contribution in [2.45, 2.75) is 19.4 Å². The molecule has 21 heavy (non-hydrogen) atoms. The number of carbonyl (C=O) groups excluding carboxylic acids is 1. The van der Waals surface area contributed by atoms with E-state index in [-0.39, 0.29) is 12.4 Å². The molecule has 2 rings (SSSR count). The predicted octanol–water partition coefficient (Wildman–Crippen LogP) is 3.68. The topological polar surface area (TPSA) is 38.3 Å². The highest BCUT2D eigenvalue weighted by molar-refractivity contribution is 5.67. The average molecular weight is 287 g/mol. The van der Waals surface area contributed by atoms with Crippen molar-refractivity contribution >= 4 is 6.09 Å². The number of benzene rings is 2. The van der Waals surface area contributed by atoms with Gasteiger partial charge in [-0.15, -0.1) is 0 Å². The Bertz CT molecular complexity index is 572. The van der Waals surface area contributed by atoms with Crippen LogP contribution < -0.4 is 5.32 Å². The van der Waals surface area contributed by atoms with Gasteiger partial charge in [0.2, 0.25) is 0 Å². The minimum absolute atomic E-state index is 0.234. The molecule has 0 aliphatic rings. The quantitative estimate of drug-likeness (QED) is 0.823. The van der Waals surface area contributed by atoms with Crippen molar-refractivity contribution in [2.75, 3.05) is 6.54 Å². The molecule has 3 nitrogen and oxygen atoms in total. The van der Waals surface area contributed by atoms with Crippen molar-refractivity contribution in [2.24, 2.45) is 0 Å². The summed E-state index contributed by atoms with van der Waals surface area (Å²) in [6.45, 7) is 0.765. The van der Waals surface area contributed by atoms with E-state index in [1.54, 1.807) is 6.07 Å². The average Bonchev–Trinajstić information content (AvgIpc) is 2.51. The Morgan fingerprint density at radius 2 is 1.81 bits per heavy atom. The van der Waals surface area contributed by atoms with Crippen LogP contribution in [0.25, 0.3) is 0 Å². The first-order valence-corrected chi connectivity index (χ1v) is 6.93. The van der Waals surface area contributed by atoms with E-state index in [1.807, 2.05) is 36.4 Å². The Labute approximate surface area is 123 Å². The first-order chi connectivity index (χ1) is 10.2. The smallest absolute Gasteiger partial charge is 0.407 e. The fourth-order valence-corrected chi connectivity index (χ4v) is 1.95. The molecular formula is C17H18FNO2. The first-order valence-electron chi connectivity index (χ1n) is 6.93. The van der Waals surface area contributed by atoms with Crippen LogP contribution >= 0.6 is 0 Å². The van der Waals surface area contributed by atoms with Gasteiger partial charge in [0, 0.05) is 6.54 Å². The predicted molar refractivity (Wildman–Crippen MR) is 79.4 cm³/mol. The Balaban J connectivity index is 1.61. The van der Waals surface area contributed by atoms with Gasteiger partial charge in [-0.1, -0.05) is 42.5 Å². The molecule has 0 heterocycles. The second kappa shape index (κ2) is 8.04. The lowest BCUT2D eigenvalue weighted by Crippen LogP contribution is -2.25. The van der Waals surface area contributed by atoms with Crippen LogP contribution in [0, 0.1) is 5.82 Å². The molecule has 0 spiro atoms. The number of halogens is 1. The first kappa shape index (κ1) is 15.0. The standard InChI is InChI=1S/C17H18FNO2/c18-16-10-4-8-14(12-16)9-5-11-19-17(20)21-13-15-6-2-1-3-7-15/h1-4,6-8,10,12H,5,9,11,13H2,(H,19,20). The van der Waals surface area contributed by atoms with E-state index in [1.165, 1.54) is 12.1 Å². The fourth-order valence-electron chi connectivity index (χ4n) is 1.95. The Kier molecular flexibility index (Phi) is 5.76. The van der Waals surface area contributed by atoms with E-state index in [4.69, 9.17) is 4.74 Å². The highest BCUT2D eigenvalue weighted by Crippen LogP contribution is 2.05. The van der Waals surface area contributed by atoms with Crippen LogP contribution in [0.4, 0.5) is 9.18 Å². The van der Waals surface area contributed by atoms with E-state index >= 15 is 0 Å². The molecule has 0 aliphatic carbocycles. The van der Waals surface area contributed by atoms with Gasteiger partial charge in [0.25, 0.3) is 0 Å². The fraction of sp³-hybridized carbons (Fsp3) is 0.235. The zero-order chi connectivity index (χ0) is 14.9. The van der Waals surface area contributed by atoms with Gasteiger partial charge in [0.1, 0.15) is 12.4 Å². The van der Waals surface area contributed by atoms with Gasteiger partial charge in [0.05, 0.1) is 0 Å². The summed E-state index contributed by atoms with van der Waals surface area (Å²) >= 11 is 0. The van der Waals surface area contributed by atoms with Gasteiger partial charge in [0.15, 0.2) is 0 Å². The van der Waals surface area contributed by atoms with Crippen LogP contribution in [-0.2, 0) is 17.8 Å². The van der Waals surface area contributed by atoms with Crippen molar-refractivity contribution in [1.29, 1.82) is 0 Å². The SMILES string of the molecule is O=C(NCCCc1cccc(F)c1)OCc1ccccc1. The van der Waals surface area contributed by atoms with E-state index < -0.39 is 6.09 Å². The van der Waals surface area contributed by atoms with E-state index in [0.29, 0.717) is 6.54 Å². The van der Waals surface area contributed by atoms with Gasteiger partial charge in [-0.3, -0.25) is 0 Å². The van der Waals surface area contributed by atoms with Gasteiger partial charge in [-0.05, 0) is 36.1 Å². The van der Waals surface area contributed by atoms with Gasteiger partial charge < -0.3 is 10.1 Å². The molecule has 0 fully saturated rings. The van der Waals surface area contributed by atoms with Crippen molar-refractivity contribution in [3.8, 4) is 0 Å². The molecule has 2 aromatic carbocycles. The number of ether oxygens (including phenoxy) is 1. The van der Waals surface area contributed by atoms with E-state index in [2.05, 4.69) is 5.32 Å². The Hall–Kier alpha value is -2.36. The number of amides is 1. The summed E-state index contributed by atoms with van der Waals surface area (Å²) in [5.41, 5.74) is 1.88. The van der Waals surface area contributed by atoms with Crippen LogP contribution in [0.3, 0.4) is 0 Å². The number of hydrogen-bond donors (Lipinski definition) is 1. The highest BCUT2D eigenvalue weighted by Gasteiger charge is 2.02. The maximum absolute atomic E-state index is 13.0. The molecular weight excluding hydrogens is 269 g/mol. The van der Waals surface area contributed by atoms with Crippen LogP contribution in [-0.4, -0.2) is 12.6 Å². The van der Waals surface area contributed by atoms with Crippen LogP contribution in [0.1, 0.15) is 17.5 Å². The molecule has 4 heteroatoms. The molecule has 1 amide bonds. The Morgan fingerprint density at radius 1 is 1.05 bits per heavy atom. The van der Waals surface area contributed by atoms with Gasteiger partial charge in [-0.2, -0.15) is 0 Å². The monoisotopic (exact) mass is 287 g/mol. The summed E-state index contributed by atoms with van der Waals surface area (Å²) in [5.74, 6) is -0.234. The highest BCUT2D eigenvalue weighted by atomic mass is 19.1. The van der Waals surface area contributed by atoms with Crippen LogP contribution in [0.5, 0.6) is 0 Å². The third-order valence-electron chi connectivity index (χ3n) is 3.01. The van der Waals surface area contributed by atoms with Gasteiger partial charge >= 0.3 is 6.09 Å². The van der Waals surface area contributed by atoms with E-state index in [9.17, 15) is 9.18 Å². The molecule has 0 saturated heterocycles. The largest absolute Gasteiger partial charge is 0.445 e. The number of rotatable bonds is 6. The second-order valence-electron chi connectivity index (χ2n) is 4.72. The minimum atomic E-state index is -0.432. The lowest BCUT2D eigenvalue weighted by atomic mass is 10.1. The minimum Gasteiger partial charge on any atom is -0.445 e. The number of alkyl carbamates (subject to hydrolysis) is 1. The lowest BCUT2D eigenvalue weighted by Gasteiger charge is -2.07. The van der Waals surface area contributed by atoms with Crippen molar-refractivity contribution in [1.82, 2.24) is 5.32 Å². The number of aryl methyl sites for hydroxylation is 1. The molecule has 0 radical (unpaired) electrons. The molecule has 0 saturated carbocycles. The molecule has 0 unspecified atom stereocenters. The zero-order valence-electron chi connectivity index (χ0n) is 11.7. The molecule has 0 atom stereocenters. The number of nitrogens with one attached hydrogen (secondary N) is 1. The third kappa shape index (κ3) is 5.65. The Morgan fingerprint density at radius 3 is 2.57 bits per heavy atom. The number of hydrogen-bond acceptors (Lipinski definition) is 2. The van der Waals surface area contributed by atoms with E-state index in [0.717, 1.165) is 24.0 Å². The molecule has 0 bridgehead atoms. The summed E-state index contributed by atoms with van der Waals surface area (Å²) in [5, 5.41) is 2.68. The summed E-state index contributed by atoms with van der Waals surface area (Å²) in [4.78, 5) is 11.5. The maximum Gasteiger partial charge on any atom is 0.407 e. The van der Waals surface area contributed by atoms with Crippen molar-refractivity contribution in [3.05, 3.63) is 71.5 Å². The van der Waals surface area contributed by atoms with Gasteiger partial charge in [-0.25, -0.2) is 9.18 Å². The summed E-state index contributed by atoms with van der Waals surface area (Å²) in [6, 6.07) is 16.0. The van der Waals surface area contributed by atoms with Crippen molar-refractivity contribution in [3.63, 3.8) is 0 Å². The molecule has 0 aromatic heterocycles. The summed E-state index contributed by atoms with van der Waals surface area (Å²) < 4.78 is 18.1. The summed E-state index contributed by atoms with van der Waals surface area (Å²) in [6.07, 6.45) is 1.03. The van der Waals surface area contributed by atoms with Crippen LogP contribution in [0.15, 0.2) is 54.6 Å². The molecule has 1 N–H and O–H groups in total.